The molecular formula is C9H8FO. The first kappa shape index (κ1) is 6.65. The Morgan fingerprint density at radius 1 is 1.18 bits per heavy atom. The molecule has 1 aliphatic carbocycles. The fraction of sp³-hybridized carbons (Fsp3) is 0.222. The molecule has 0 saturated heterocycles. The van der Waals surface area contributed by atoms with Crippen LogP contribution < -0.4 is 4.74 Å². The van der Waals surface area contributed by atoms with E-state index in [4.69, 9.17) is 4.74 Å². The molecule has 1 aromatic carbocycles. The van der Waals surface area contributed by atoms with Crippen LogP contribution in [0, 0.1) is 11.9 Å². The van der Waals surface area contributed by atoms with E-state index < -0.39 is 0 Å². The normalized spacial score (nSPS) is 16.5. The van der Waals surface area contributed by atoms with E-state index in [1.165, 1.54) is 6.07 Å². The van der Waals surface area contributed by atoms with Gasteiger partial charge >= 0.3 is 0 Å². The zero-order valence-electron chi connectivity index (χ0n) is 6.01. The fourth-order valence-electron chi connectivity index (χ4n) is 0.836. The third-order valence-corrected chi connectivity index (χ3v) is 1.55. The molecule has 1 nitrogen and oxygen atoms in total. The van der Waals surface area contributed by atoms with E-state index >= 15 is 0 Å². The smallest absolute Gasteiger partial charge is 0.165 e. The summed E-state index contributed by atoms with van der Waals surface area (Å²) in [5.41, 5.74) is 0. The predicted molar refractivity (Wildman–Crippen MR) is 39.5 cm³/mol. The van der Waals surface area contributed by atoms with Gasteiger partial charge in [-0.05, 0) is 25.0 Å². The lowest BCUT2D eigenvalue weighted by atomic mass is 10.3. The Hall–Kier alpha value is -1.05. The van der Waals surface area contributed by atoms with Gasteiger partial charge in [-0.15, -0.1) is 0 Å². The van der Waals surface area contributed by atoms with Crippen LogP contribution in [0.2, 0.25) is 0 Å². The lowest BCUT2D eigenvalue weighted by Crippen LogP contribution is -1.90. The third-order valence-electron chi connectivity index (χ3n) is 1.55. The molecule has 0 bridgehead atoms. The van der Waals surface area contributed by atoms with Gasteiger partial charge in [0.1, 0.15) is 6.10 Å². The molecule has 0 atom stereocenters. The van der Waals surface area contributed by atoms with Crippen molar-refractivity contribution in [2.45, 2.75) is 12.8 Å². The molecular weight excluding hydrogens is 143 g/mol. The highest BCUT2D eigenvalue weighted by Crippen LogP contribution is 2.35. The lowest BCUT2D eigenvalue weighted by molar-refractivity contribution is 0.368. The quantitative estimate of drug-likeness (QED) is 0.631. The summed E-state index contributed by atoms with van der Waals surface area (Å²) in [7, 11) is 0. The van der Waals surface area contributed by atoms with Gasteiger partial charge in [0.2, 0.25) is 0 Å². The van der Waals surface area contributed by atoms with E-state index in [0.29, 0.717) is 5.75 Å². The summed E-state index contributed by atoms with van der Waals surface area (Å²) in [4.78, 5) is 0. The van der Waals surface area contributed by atoms with Crippen molar-refractivity contribution < 1.29 is 9.13 Å². The van der Waals surface area contributed by atoms with Gasteiger partial charge in [0.15, 0.2) is 11.6 Å². The number of ether oxygens (including phenoxy) is 1. The van der Waals surface area contributed by atoms with E-state index in [1.807, 2.05) is 0 Å². The van der Waals surface area contributed by atoms with Gasteiger partial charge in [0, 0.05) is 0 Å². The highest BCUT2D eigenvalue weighted by Gasteiger charge is 2.26. The summed E-state index contributed by atoms with van der Waals surface area (Å²) < 4.78 is 18.0. The van der Waals surface area contributed by atoms with Crippen LogP contribution in [-0.4, -0.2) is 0 Å². The first-order valence-corrected chi connectivity index (χ1v) is 3.63. The number of rotatable bonds is 2. The van der Waals surface area contributed by atoms with Crippen molar-refractivity contribution in [2.24, 2.45) is 0 Å². The second-order valence-corrected chi connectivity index (χ2v) is 2.57. The number of hydrogen-bond acceptors (Lipinski definition) is 1. The molecule has 1 aromatic rings. The Bertz CT molecular complexity index is 255. The summed E-state index contributed by atoms with van der Waals surface area (Å²) in [6, 6.07) is 6.46. The highest BCUT2D eigenvalue weighted by atomic mass is 19.1. The summed E-state index contributed by atoms with van der Waals surface area (Å²) in [6.07, 6.45) is 2.94. The van der Waals surface area contributed by atoms with Gasteiger partial charge in [-0.2, -0.15) is 0 Å². The lowest BCUT2D eigenvalue weighted by Gasteiger charge is -2.02. The Balaban J connectivity index is 2.15. The van der Waals surface area contributed by atoms with Crippen molar-refractivity contribution >= 4 is 0 Å². The fourth-order valence-corrected chi connectivity index (χ4v) is 0.836. The number of halogens is 1. The van der Waals surface area contributed by atoms with Gasteiger partial charge in [0.25, 0.3) is 0 Å². The van der Waals surface area contributed by atoms with E-state index in [2.05, 4.69) is 0 Å². The minimum Gasteiger partial charge on any atom is -0.480 e. The van der Waals surface area contributed by atoms with Crippen LogP contribution in [0.5, 0.6) is 5.75 Å². The monoisotopic (exact) mass is 151 g/mol. The molecule has 1 saturated carbocycles. The zero-order chi connectivity index (χ0) is 7.68. The van der Waals surface area contributed by atoms with Crippen LogP contribution >= 0.6 is 0 Å². The number of para-hydroxylation sites is 1. The average Bonchev–Trinajstić information content (AvgIpc) is 2.78. The Morgan fingerprint density at radius 2 is 1.91 bits per heavy atom. The Labute approximate surface area is 64.8 Å². The standard InChI is InChI=1S/C9H8FO/c10-8-3-1-2-4-9(8)11-7-5-6-7/h1-4H,5-6H2. The van der Waals surface area contributed by atoms with E-state index in [1.54, 1.807) is 18.2 Å². The minimum atomic E-state index is -0.285. The van der Waals surface area contributed by atoms with Crippen molar-refractivity contribution in [3.63, 3.8) is 0 Å². The average molecular weight is 151 g/mol. The second-order valence-electron chi connectivity index (χ2n) is 2.57. The largest absolute Gasteiger partial charge is 0.480 e. The number of benzene rings is 1. The van der Waals surface area contributed by atoms with E-state index in [0.717, 1.165) is 18.9 Å². The van der Waals surface area contributed by atoms with Crippen LogP contribution in [0.25, 0.3) is 0 Å². The van der Waals surface area contributed by atoms with Crippen molar-refractivity contribution in [2.75, 3.05) is 0 Å². The zero-order valence-corrected chi connectivity index (χ0v) is 6.01. The van der Waals surface area contributed by atoms with Crippen LogP contribution in [0.15, 0.2) is 24.3 Å². The molecule has 11 heavy (non-hydrogen) atoms. The maximum absolute atomic E-state index is 12.8. The molecule has 2 rings (SSSR count). The molecule has 1 aliphatic rings. The van der Waals surface area contributed by atoms with E-state index in [-0.39, 0.29) is 5.82 Å². The maximum Gasteiger partial charge on any atom is 0.165 e. The number of hydrogen-bond donors (Lipinski definition) is 0. The van der Waals surface area contributed by atoms with Crippen molar-refractivity contribution in [3.8, 4) is 5.75 Å². The van der Waals surface area contributed by atoms with Crippen molar-refractivity contribution in [1.82, 2.24) is 0 Å². The molecule has 2 heteroatoms. The molecule has 57 valence electrons. The first-order chi connectivity index (χ1) is 5.36. The van der Waals surface area contributed by atoms with Crippen molar-refractivity contribution in [1.29, 1.82) is 0 Å². The van der Waals surface area contributed by atoms with Gasteiger partial charge in [-0.1, -0.05) is 12.1 Å². The molecule has 0 spiro atoms. The molecule has 0 unspecified atom stereocenters. The summed E-state index contributed by atoms with van der Waals surface area (Å²) in [5.74, 6) is 0.0619. The van der Waals surface area contributed by atoms with Crippen LogP contribution in [-0.2, 0) is 0 Å². The van der Waals surface area contributed by atoms with Gasteiger partial charge < -0.3 is 4.74 Å². The second kappa shape index (κ2) is 2.53. The van der Waals surface area contributed by atoms with Crippen LogP contribution in [0.1, 0.15) is 12.8 Å². The predicted octanol–water partition coefficient (Wildman–Crippen LogP) is 2.53. The van der Waals surface area contributed by atoms with Crippen LogP contribution in [0.3, 0.4) is 0 Å². The Kier molecular flexibility index (Phi) is 1.53. The third kappa shape index (κ3) is 1.50. The van der Waals surface area contributed by atoms with E-state index in [9.17, 15) is 4.39 Å². The minimum absolute atomic E-state index is 0.285. The van der Waals surface area contributed by atoms with Gasteiger partial charge in [-0.25, -0.2) is 4.39 Å². The molecule has 0 aromatic heterocycles. The summed E-state index contributed by atoms with van der Waals surface area (Å²) >= 11 is 0. The van der Waals surface area contributed by atoms with Crippen LogP contribution in [0.4, 0.5) is 4.39 Å². The van der Waals surface area contributed by atoms with Gasteiger partial charge in [0.05, 0.1) is 0 Å². The summed E-state index contributed by atoms with van der Waals surface area (Å²) in [6.45, 7) is 0. The summed E-state index contributed by atoms with van der Waals surface area (Å²) in [5, 5.41) is 0. The topological polar surface area (TPSA) is 9.23 Å². The molecule has 0 N–H and O–H groups in total. The highest BCUT2D eigenvalue weighted by molar-refractivity contribution is 5.26. The Morgan fingerprint density at radius 3 is 2.55 bits per heavy atom. The SMILES string of the molecule is Fc1ccccc1O[C]1CC1. The van der Waals surface area contributed by atoms with Gasteiger partial charge in [-0.3, -0.25) is 0 Å². The first-order valence-electron chi connectivity index (χ1n) is 3.63. The molecule has 0 heterocycles. The molecule has 0 aliphatic heterocycles. The molecule has 1 fully saturated rings. The molecule has 0 amide bonds. The molecule has 1 radical (unpaired) electrons. The van der Waals surface area contributed by atoms with Crippen molar-refractivity contribution in [3.05, 3.63) is 36.2 Å². The maximum atomic E-state index is 12.8.